The quantitative estimate of drug-likeness (QED) is 0.466. The highest BCUT2D eigenvalue weighted by Crippen LogP contribution is 2.45. The minimum absolute atomic E-state index is 0.0706. The molecule has 1 saturated carbocycles. The molecule has 8 nitrogen and oxygen atoms in total. The summed E-state index contributed by atoms with van der Waals surface area (Å²) >= 11 is 0. The first-order valence-electron chi connectivity index (χ1n) is 8.70. The number of anilines is 1. The summed E-state index contributed by atoms with van der Waals surface area (Å²) in [5, 5.41) is 10.7. The summed E-state index contributed by atoms with van der Waals surface area (Å²) in [6.45, 7) is -0.299. The second kappa shape index (κ2) is 6.86. The number of non-ortho nitro benzene ring substituents is 1. The maximum absolute atomic E-state index is 12.8. The Kier molecular flexibility index (Phi) is 4.76. The van der Waals surface area contributed by atoms with E-state index in [2.05, 4.69) is 0 Å². The van der Waals surface area contributed by atoms with Crippen molar-refractivity contribution in [3.05, 3.63) is 34.4 Å². The minimum atomic E-state index is -0.610. The number of nitro benzene ring substituents is 1. The van der Waals surface area contributed by atoms with Crippen LogP contribution < -0.4 is 4.90 Å². The number of amides is 3. The standard InChI is InChI=1S/C18H21N3O5/c1-19(13-5-7-14(8-6-13)21(25)26)16(23)12-20-15(22)11-18(17(20)24)9-3-2-4-10-18/h5-8H,2-4,9-12H2,1H3. The molecular formula is C18H21N3O5. The van der Waals surface area contributed by atoms with E-state index in [4.69, 9.17) is 0 Å². The molecule has 1 saturated heterocycles. The Bertz CT molecular complexity index is 753. The largest absolute Gasteiger partial charge is 0.314 e. The Morgan fingerprint density at radius 2 is 1.81 bits per heavy atom. The maximum Gasteiger partial charge on any atom is 0.269 e. The number of imide groups is 1. The Balaban J connectivity index is 1.69. The zero-order chi connectivity index (χ0) is 18.9. The van der Waals surface area contributed by atoms with Crippen LogP contribution in [0.25, 0.3) is 0 Å². The molecule has 26 heavy (non-hydrogen) atoms. The Labute approximate surface area is 150 Å². The molecular weight excluding hydrogens is 338 g/mol. The van der Waals surface area contributed by atoms with E-state index >= 15 is 0 Å². The fourth-order valence-electron chi connectivity index (χ4n) is 3.82. The molecule has 0 atom stereocenters. The topological polar surface area (TPSA) is 101 Å². The Morgan fingerprint density at radius 3 is 2.38 bits per heavy atom. The van der Waals surface area contributed by atoms with Crippen LogP contribution in [0, 0.1) is 15.5 Å². The monoisotopic (exact) mass is 359 g/mol. The third-order valence-electron chi connectivity index (χ3n) is 5.42. The number of carbonyl (C=O) groups is 3. The smallest absolute Gasteiger partial charge is 0.269 e. The SMILES string of the molecule is CN(C(=O)CN1C(=O)CC2(CCCCC2)C1=O)c1ccc([N+](=O)[O-])cc1. The molecule has 3 rings (SSSR count). The van der Waals surface area contributed by atoms with Crippen LogP contribution in [0.4, 0.5) is 11.4 Å². The number of benzene rings is 1. The van der Waals surface area contributed by atoms with Crippen LogP contribution in [0.1, 0.15) is 38.5 Å². The first-order chi connectivity index (χ1) is 12.3. The third kappa shape index (κ3) is 3.18. The maximum atomic E-state index is 12.8. The molecule has 0 N–H and O–H groups in total. The van der Waals surface area contributed by atoms with Gasteiger partial charge < -0.3 is 4.90 Å². The molecule has 2 aliphatic rings. The number of hydrogen-bond acceptors (Lipinski definition) is 5. The molecule has 3 amide bonds. The van der Waals surface area contributed by atoms with Crippen LogP contribution in [-0.2, 0) is 14.4 Å². The predicted molar refractivity (Wildman–Crippen MR) is 93.4 cm³/mol. The average Bonchev–Trinajstić information content (AvgIpc) is 2.85. The molecule has 1 spiro atoms. The van der Waals surface area contributed by atoms with Gasteiger partial charge in [0.15, 0.2) is 0 Å². The lowest BCUT2D eigenvalue weighted by atomic mass is 9.73. The third-order valence-corrected chi connectivity index (χ3v) is 5.42. The number of likely N-dealkylation sites (tertiary alicyclic amines) is 1. The molecule has 0 bridgehead atoms. The van der Waals surface area contributed by atoms with Gasteiger partial charge in [-0.05, 0) is 25.0 Å². The molecule has 1 aromatic rings. The number of carbonyl (C=O) groups excluding carboxylic acids is 3. The summed E-state index contributed by atoms with van der Waals surface area (Å²) < 4.78 is 0. The molecule has 1 heterocycles. The van der Waals surface area contributed by atoms with Crippen LogP contribution in [0.15, 0.2) is 24.3 Å². The number of rotatable bonds is 4. The highest BCUT2D eigenvalue weighted by atomic mass is 16.6. The van der Waals surface area contributed by atoms with E-state index < -0.39 is 16.2 Å². The summed E-state index contributed by atoms with van der Waals surface area (Å²) in [5.74, 6) is -0.927. The van der Waals surface area contributed by atoms with Crippen molar-refractivity contribution in [1.29, 1.82) is 0 Å². The second-order valence-corrected chi connectivity index (χ2v) is 7.03. The summed E-state index contributed by atoms with van der Waals surface area (Å²) in [7, 11) is 1.52. The van der Waals surface area contributed by atoms with Crippen LogP contribution in [-0.4, -0.2) is 41.1 Å². The lowest BCUT2D eigenvalue weighted by molar-refractivity contribution is -0.384. The molecule has 2 fully saturated rings. The first kappa shape index (κ1) is 18.0. The van der Waals surface area contributed by atoms with E-state index in [1.807, 2.05) is 0 Å². The van der Waals surface area contributed by atoms with Gasteiger partial charge in [-0.3, -0.25) is 29.4 Å². The lowest BCUT2D eigenvalue weighted by Gasteiger charge is -2.30. The van der Waals surface area contributed by atoms with Crippen LogP contribution in [0.2, 0.25) is 0 Å². The summed E-state index contributed by atoms with van der Waals surface area (Å²) in [6, 6.07) is 5.54. The van der Waals surface area contributed by atoms with Gasteiger partial charge >= 0.3 is 0 Å². The Morgan fingerprint density at radius 1 is 1.19 bits per heavy atom. The zero-order valence-corrected chi connectivity index (χ0v) is 14.6. The van der Waals surface area contributed by atoms with Crippen molar-refractivity contribution >= 4 is 29.1 Å². The molecule has 138 valence electrons. The van der Waals surface area contributed by atoms with E-state index in [9.17, 15) is 24.5 Å². The van der Waals surface area contributed by atoms with E-state index in [1.165, 1.54) is 36.2 Å². The van der Waals surface area contributed by atoms with Crippen molar-refractivity contribution in [2.24, 2.45) is 5.41 Å². The van der Waals surface area contributed by atoms with Gasteiger partial charge in [-0.25, -0.2) is 0 Å². The van der Waals surface area contributed by atoms with Crippen LogP contribution in [0.5, 0.6) is 0 Å². The lowest BCUT2D eigenvalue weighted by Crippen LogP contribution is -2.43. The average molecular weight is 359 g/mol. The minimum Gasteiger partial charge on any atom is -0.314 e. The number of nitro groups is 1. The van der Waals surface area contributed by atoms with Crippen molar-refractivity contribution in [2.75, 3.05) is 18.5 Å². The number of nitrogens with zero attached hydrogens (tertiary/aromatic N) is 3. The normalized spacial score (nSPS) is 19.0. The highest BCUT2D eigenvalue weighted by Gasteiger charge is 2.51. The molecule has 0 radical (unpaired) electrons. The van der Waals surface area contributed by atoms with Gasteiger partial charge in [0.2, 0.25) is 17.7 Å². The molecule has 1 aliphatic carbocycles. The number of hydrogen-bond donors (Lipinski definition) is 0. The fraction of sp³-hybridized carbons (Fsp3) is 0.500. The van der Waals surface area contributed by atoms with Gasteiger partial charge in [0.25, 0.3) is 5.69 Å². The highest BCUT2D eigenvalue weighted by molar-refractivity contribution is 6.09. The molecule has 8 heteroatoms. The fourth-order valence-corrected chi connectivity index (χ4v) is 3.82. The van der Waals surface area contributed by atoms with Crippen molar-refractivity contribution in [3.63, 3.8) is 0 Å². The van der Waals surface area contributed by atoms with Crippen molar-refractivity contribution < 1.29 is 19.3 Å². The van der Waals surface area contributed by atoms with Gasteiger partial charge in [-0.2, -0.15) is 0 Å². The van der Waals surface area contributed by atoms with Gasteiger partial charge in [0.1, 0.15) is 6.54 Å². The zero-order valence-electron chi connectivity index (χ0n) is 14.6. The van der Waals surface area contributed by atoms with E-state index in [0.717, 1.165) is 24.2 Å². The van der Waals surface area contributed by atoms with Gasteiger partial charge in [-0.15, -0.1) is 0 Å². The van der Waals surface area contributed by atoms with Crippen molar-refractivity contribution in [1.82, 2.24) is 4.90 Å². The summed E-state index contributed by atoms with van der Waals surface area (Å²) in [5.41, 5.74) is -0.215. The molecule has 1 aliphatic heterocycles. The van der Waals surface area contributed by atoms with Crippen molar-refractivity contribution in [3.8, 4) is 0 Å². The van der Waals surface area contributed by atoms with Gasteiger partial charge in [-0.1, -0.05) is 19.3 Å². The Hall–Kier alpha value is -2.77. The second-order valence-electron chi connectivity index (χ2n) is 7.03. The van der Waals surface area contributed by atoms with Crippen molar-refractivity contribution in [2.45, 2.75) is 38.5 Å². The predicted octanol–water partition coefficient (Wildman–Crippen LogP) is 2.27. The van der Waals surface area contributed by atoms with E-state index in [-0.39, 0.29) is 30.5 Å². The van der Waals surface area contributed by atoms with E-state index in [0.29, 0.717) is 18.5 Å². The molecule has 0 aromatic heterocycles. The van der Waals surface area contributed by atoms with Crippen LogP contribution >= 0.6 is 0 Å². The van der Waals surface area contributed by atoms with Crippen LogP contribution in [0.3, 0.4) is 0 Å². The first-order valence-corrected chi connectivity index (χ1v) is 8.70. The van der Waals surface area contributed by atoms with Gasteiger partial charge in [0.05, 0.1) is 10.3 Å². The molecule has 1 aromatic carbocycles. The number of likely N-dealkylation sites (N-methyl/N-ethyl adjacent to an activating group) is 1. The van der Waals surface area contributed by atoms with E-state index in [1.54, 1.807) is 0 Å². The van der Waals surface area contributed by atoms with Gasteiger partial charge in [0, 0.05) is 31.3 Å². The summed E-state index contributed by atoms with van der Waals surface area (Å²) in [4.78, 5) is 50.2. The summed E-state index contributed by atoms with van der Waals surface area (Å²) in [6.07, 6.45) is 4.55. The molecule has 0 unspecified atom stereocenters.